The summed E-state index contributed by atoms with van der Waals surface area (Å²) in [6, 6.07) is 20.5. The molecule has 2 atom stereocenters. The van der Waals surface area contributed by atoms with Crippen LogP contribution < -0.4 is 20.1 Å². The fourth-order valence-electron chi connectivity index (χ4n) is 4.98. The third-order valence-corrected chi connectivity index (χ3v) is 7.51. The highest BCUT2D eigenvalue weighted by Gasteiger charge is 2.24. The Bertz CT molecular complexity index is 1400. The summed E-state index contributed by atoms with van der Waals surface area (Å²) in [5.74, 6) is 0.585. The molecule has 4 rings (SSSR count). The van der Waals surface area contributed by atoms with Gasteiger partial charge in [-0.15, -0.1) is 0 Å². The van der Waals surface area contributed by atoms with Crippen LogP contribution in [0.15, 0.2) is 66.7 Å². The van der Waals surface area contributed by atoms with E-state index in [-0.39, 0.29) is 23.8 Å². The molecule has 3 aromatic carbocycles. The molecule has 0 saturated carbocycles. The van der Waals surface area contributed by atoms with Crippen molar-refractivity contribution in [2.45, 2.75) is 64.1 Å². The van der Waals surface area contributed by atoms with Gasteiger partial charge in [0.25, 0.3) is 11.8 Å². The normalized spacial score (nSPS) is 16.8. The van der Waals surface area contributed by atoms with Crippen LogP contribution in [-0.2, 0) is 18.4 Å². The number of aliphatic hydroxyl groups is 1. The first kappa shape index (κ1) is 32.0. The van der Waals surface area contributed by atoms with Crippen molar-refractivity contribution in [2.75, 3.05) is 33.9 Å². The highest BCUT2D eigenvalue weighted by Crippen LogP contribution is 2.23. The van der Waals surface area contributed by atoms with Crippen LogP contribution in [0.25, 0.3) is 0 Å². The number of carbonyl (C=O) groups is 2. The summed E-state index contributed by atoms with van der Waals surface area (Å²) in [7, 11) is 3.34. The van der Waals surface area contributed by atoms with Gasteiger partial charge in [0.05, 0.1) is 25.4 Å². The minimum atomic E-state index is -0.888. The number of hydrogen-bond acceptors (Lipinski definition) is 6. The molecule has 0 saturated heterocycles. The molecule has 8 heteroatoms. The standard InChI is InChI=1S/C35H45N3O5/c1-35(2,3)28-12-8-11-25(16-28)22-36-23-32(39)31-18-24-10-9-13-29(17-24)42-14-6-7-15-43-30-20-26(33(40)37-31)19-27(21-30)34(41)38(4)5/h8-13,16-17,19-21,31-32,36,39H,6-7,14-15,18,22-23H2,1-5H3,(H,37,40)/t31-,32+/m0/s1. The smallest absolute Gasteiger partial charge is 0.253 e. The fraction of sp³-hybridized carbons (Fsp3) is 0.429. The molecule has 1 aliphatic rings. The van der Waals surface area contributed by atoms with Gasteiger partial charge in [-0.3, -0.25) is 9.59 Å². The lowest BCUT2D eigenvalue weighted by Crippen LogP contribution is -2.48. The summed E-state index contributed by atoms with van der Waals surface area (Å²) in [6.07, 6.45) is 1.06. The lowest BCUT2D eigenvalue weighted by molar-refractivity contribution is 0.0825. The Morgan fingerprint density at radius 2 is 1.72 bits per heavy atom. The zero-order valence-electron chi connectivity index (χ0n) is 26.0. The van der Waals surface area contributed by atoms with Crippen LogP contribution in [0.1, 0.15) is 71.0 Å². The van der Waals surface area contributed by atoms with Crippen molar-refractivity contribution in [3.05, 3.63) is 94.5 Å². The van der Waals surface area contributed by atoms with Crippen LogP contribution in [-0.4, -0.2) is 67.8 Å². The summed E-state index contributed by atoms with van der Waals surface area (Å²) < 4.78 is 11.9. The van der Waals surface area contributed by atoms with E-state index in [0.717, 1.165) is 29.7 Å². The molecular weight excluding hydrogens is 542 g/mol. The van der Waals surface area contributed by atoms with Gasteiger partial charge in [-0.2, -0.15) is 0 Å². The van der Waals surface area contributed by atoms with E-state index < -0.39 is 12.1 Å². The second-order valence-electron chi connectivity index (χ2n) is 12.4. The van der Waals surface area contributed by atoms with Gasteiger partial charge in [0.1, 0.15) is 11.5 Å². The number of amides is 2. The highest BCUT2D eigenvalue weighted by molar-refractivity contribution is 6.00. The number of carbonyl (C=O) groups excluding carboxylic acids is 2. The van der Waals surface area contributed by atoms with Crippen molar-refractivity contribution in [3.63, 3.8) is 0 Å². The molecule has 0 aromatic heterocycles. The van der Waals surface area contributed by atoms with Crippen molar-refractivity contribution in [1.82, 2.24) is 15.5 Å². The Labute approximate surface area is 255 Å². The molecule has 2 amide bonds. The lowest BCUT2D eigenvalue weighted by Gasteiger charge is -2.26. The van der Waals surface area contributed by atoms with Gasteiger partial charge >= 0.3 is 0 Å². The van der Waals surface area contributed by atoms with E-state index >= 15 is 0 Å². The monoisotopic (exact) mass is 587 g/mol. The lowest BCUT2D eigenvalue weighted by atomic mass is 9.86. The Morgan fingerprint density at radius 3 is 2.44 bits per heavy atom. The minimum Gasteiger partial charge on any atom is -0.494 e. The second-order valence-corrected chi connectivity index (χ2v) is 12.4. The van der Waals surface area contributed by atoms with Crippen LogP contribution in [0.4, 0.5) is 0 Å². The van der Waals surface area contributed by atoms with E-state index in [1.807, 2.05) is 24.3 Å². The van der Waals surface area contributed by atoms with Crippen molar-refractivity contribution in [3.8, 4) is 11.5 Å². The molecule has 3 aromatic rings. The number of fused-ring (bicyclic) bond motifs is 4. The van der Waals surface area contributed by atoms with Crippen LogP contribution in [0, 0.1) is 0 Å². The van der Waals surface area contributed by atoms with E-state index in [0.29, 0.717) is 43.1 Å². The van der Waals surface area contributed by atoms with Crippen LogP contribution >= 0.6 is 0 Å². The predicted octanol–water partition coefficient (Wildman–Crippen LogP) is 4.73. The number of ether oxygens (including phenoxy) is 2. The molecule has 8 nitrogen and oxygen atoms in total. The number of rotatable bonds is 6. The Hall–Kier alpha value is -3.88. The van der Waals surface area contributed by atoms with E-state index in [9.17, 15) is 14.7 Å². The van der Waals surface area contributed by atoms with E-state index in [1.165, 1.54) is 10.5 Å². The molecule has 4 bridgehead atoms. The van der Waals surface area contributed by atoms with Gasteiger partial charge in [-0.1, -0.05) is 57.2 Å². The van der Waals surface area contributed by atoms with E-state index in [2.05, 4.69) is 55.7 Å². The molecule has 0 aliphatic carbocycles. The Morgan fingerprint density at radius 1 is 1.00 bits per heavy atom. The number of benzene rings is 3. The molecule has 230 valence electrons. The number of nitrogens with zero attached hydrogens (tertiary/aromatic N) is 1. The maximum atomic E-state index is 13.6. The summed E-state index contributed by atoms with van der Waals surface area (Å²) >= 11 is 0. The largest absolute Gasteiger partial charge is 0.494 e. The zero-order valence-corrected chi connectivity index (χ0v) is 26.0. The number of hydrogen-bond donors (Lipinski definition) is 3. The van der Waals surface area contributed by atoms with Crippen molar-refractivity contribution in [1.29, 1.82) is 0 Å². The van der Waals surface area contributed by atoms with Gasteiger partial charge in [-0.05, 0) is 71.7 Å². The van der Waals surface area contributed by atoms with Crippen molar-refractivity contribution in [2.24, 2.45) is 0 Å². The maximum Gasteiger partial charge on any atom is 0.253 e. The first-order valence-electron chi connectivity index (χ1n) is 15.0. The third-order valence-electron chi connectivity index (χ3n) is 7.51. The summed E-state index contributed by atoms with van der Waals surface area (Å²) in [5, 5.41) is 17.8. The average Bonchev–Trinajstić information content (AvgIpc) is 2.97. The molecular formula is C35H45N3O5. The van der Waals surface area contributed by atoms with E-state index in [1.54, 1.807) is 32.3 Å². The van der Waals surface area contributed by atoms with Gasteiger partial charge < -0.3 is 30.1 Å². The SMILES string of the molecule is CN(C)C(=O)c1cc2cc(c1)C(=O)N[C@H]([C@H](O)CNCc1cccc(C(C)(C)C)c1)Cc1cccc(c1)OCCCCO2. The third kappa shape index (κ3) is 9.30. The van der Waals surface area contributed by atoms with Crippen LogP contribution in [0.3, 0.4) is 0 Å². The molecule has 43 heavy (non-hydrogen) atoms. The fourth-order valence-corrected chi connectivity index (χ4v) is 4.98. The number of nitrogens with one attached hydrogen (secondary N) is 2. The van der Waals surface area contributed by atoms with Crippen LogP contribution in [0.2, 0.25) is 0 Å². The first-order valence-corrected chi connectivity index (χ1v) is 15.0. The molecule has 0 spiro atoms. The topological polar surface area (TPSA) is 100 Å². The van der Waals surface area contributed by atoms with Crippen molar-refractivity contribution < 1.29 is 24.2 Å². The summed E-state index contributed by atoms with van der Waals surface area (Å²) in [6.45, 7) is 8.38. The molecule has 0 fully saturated rings. The Kier molecular flexibility index (Phi) is 10.8. The molecule has 3 N–H and O–H groups in total. The summed E-state index contributed by atoms with van der Waals surface area (Å²) in [4.78, 5) is 27.9. The molecule has 1 heterocycles. The average molecular weight is 588 g/mol. The van der Waals surface area contributed by atoms with E-state index in [4.69, 9.17) is 9.47 Å². The van der Waals surface area contributed by atoms with Crippen LogP contribution in [0.5, 0.6) is 11.5 Å². The van der Waals surface area contributed by atoms with Crippen molar-refractivity contribution >= 4 is 11.8 Å². The Balaban J connectivity index is 1.57. The predicted molar refractivity (Wildman–Crippen MR) is 169 cm³/mol. The molecule has 1 aliphatic heterocycles. The second kappa shape index (κ2) is 14.5. The molecule has 0 unspecified atom stereocenters. The zero-order chi connectivity index (χ0) is 31.0. The van der Waals surface area contributed by atoms with Gasteiger partial charge in [0.15, 0.2) is 0 Å². The quantitative estimate of drug-likeness (QED) is 0.386. The maximum absolute atomic E-state index is 13.6. The van der Waals surface area contributed by atoms with Gasteiger partial charge in [0, 0.05) is 38.3 Å². The summed E-state index contributed by atoms with van der Waals surface area (Å²) in [5.41, 5.74) is 4.02. The number of aliphatic hydroxyl groups excluding tert-OH is 1. The highest BCUT2D eigenvalue weighted by atomic mass is 16.5. The minimum absolute atomic E-state index is 0.0428. The van der Waals surface area contributed by atoms with Gasteiger partial charge in [0.2, 0.25) is 0 Å². The molecule has 0 radical (unpaired) electrons. The first-order chi connectivity index (χ1) is 20.5. The van der Waals surface area contributed by atoms with Gasteiger partial charge in [-0.25, -0.2) is 0 Å².